The molecule has 0 bridgehead atoms. The van der Waals surface area contributed by atoms with Crippen LogP contribution in [-0.2, 0) is 21.1 Å². The quantitative estimate of drug-likeness (QED) is 0.832. The molecule has 22 heavy (non-hydrogen) atoms. The summed E-state index contributed by atoms with van der Waals surface area (Å²) < 4.78 is 23.7. The van der Waals surface area contributed by atoms with Gasteiger partial charge in [0.1, 0.15) is 0 Å². The fourth-order valence-electron chi connectivity index (χ4n) is 2.93. The molecule has 0 unspecified atom stereocenters. The van der Waals surface area contributed by atoms with Crippen LogP contribution in [0.4, 0.5) is 0 Å². The Labute approximate surface area is 134 Å². The lowest BCUT2D eigenvalue weighted by Gasteiger charge is -2.24. The van der Waals surface area contributed by atoms with Crippen molar-refractivity contribution < 1.29 is 13.2 Å². The maximum Gasteiger partial charge on any atom is 0.244 e. The molecule has 0 saturated carbocycles. The van der Waals surface area contributed by atoms with Crippen molar-refractivity contribution in [3.05, 3.63) is 35.9 Å². The van der Waals surface area contributed by atoms with E-state index in [1.807, 2.05) is 35.2 Å². The molecule has 0 N–H and O–H groups in total. The summed E-state index contributed by atoms with van der Waals surface area (Å²) in [5, 5.41) is 0.673. The fourth-order valence-corrected chi connectivity index (χ4v) is 6.95. The molecule has 3 rings (SSSR count). The molecule has 2 aliphatic heterocycles. The number of amides is 1. The molecule has 0 aliphatic carbocycles. The van der Waals surface area contributed by atoms with Crippen molar-refractivity contribution in [2.75, 3.05) is 18.1 Å². The SMILES string of the molecule is CC(=O)N=C1S[C@@H]2CS(=O)(=O)C[C@H]2N1CCc1ccccc1. The highest BCUT2D eigenvalue weighted by atomic mass is 32.2. The van der Waals surface area contributed by atoms with Gasteiger partial charge in [-0.25, -0.2) is 8.42 Å². The van der Waals surface area contributed by atoms with Gasteiger partial charge in [-0.15, -0.1) is 0 Å². The van der Waals surface area contributed by atoms with Gasteiger partial charge in [0.05, 0.1) is 17.5 Å². The van der Waals surface area contributed by atoms with Gasteiger partial charge < -0.3 is 4.90 Å². The molecule has 1 amide bonds. The highest BCUT2D eigenvalue weighted by Gasteiger charge is 2.48. The number of thioether (sulfide) groups is 1. The van der Waals surface area contributed by atoms with E-state index in [0.29, 0.717) is 11.7 Å². The molecule has 0 aromatic heterocycles. The van der Waals surface area contributed by atoms with E-state index >= 15 is 0 Å². The molecular weight excluding hydrogens is 320 g/mol. The molecular formula is C15H18N2O3S2. The molecule has 0 spiro atoms. The Morgan fingerprint density at radius 2 is 2.05 bits per heavy atom. The fraction of sp³-hybridized carbons (Fsp3) is 0.467. The van der Waals surface area contributed by atoms with E-state index in [0.717, 1.165) is 6.42 Å². The third-order valence-electron chi connectivity index (χ3n) is 3.91. The van der Waals surface area contributed by atoms with Crippen molar-refractivity contribution in [3.63, 3.8) is 0 Å². The minimum absolute atomic E-state index is 0.00104. The molecule has 1 aromatic carbocycles. The topological polar surface area (TPSA) is 66.8 Å². The maximum absolute atomic E-state index is 11.8. The number of nitrogens with zero attached hydrogens (tertiary/aromatic N) is 2. The van der Waals surface area contributed by atoms with Gasteiger partial charge in [-0.2, -0.15) is 4.99 Å². The molecule has 0 radical (unpaired) electrons. The van der Waals surface area contributed by atoms with E-state index in [1.165, 1.54) is 24.2 Å². The van der Waals surface area contributed by atoms with Crippen LogP contribution in [0.2, 0.25) is 0 Å². The maximum atomic E-state index is 11.8. The van der Waals surface area contributed by atoms with Crippen molar-refractivity contribution in [1.82, 2.24) is 4.90 Å². The number of hydrogen-bond acceptors (Lipinski definition) is 4. The highest BCUT2D eigenvalue weighted by Crippen LogP contribution is 2.38. The second-order valence-corrected chi connectivity index (χ2v) is 9.00. The van der Waals surface area contributed by atoms with Gasteiger partial charge in [-0.05, 0) is 12.0 Å². The standard InChI is InChI=1S/C15H18N2O3S2/c1-11(18)16-15-17(8-7-12-5-3-2-4-6-12)13-9-22(19,20)10-14(13)21-15/h2-6,13-14H,7-10H2,1H3/t13-,14-/m1/s1. The van der Waals surface area contributed by atoms with Crippen LogP contribution in [0, 0.1) is 0 Å². The Balaban J connectivity index is 1.79. The summed E-state index contributed by atoms with van der Waals surface area (Å²) in [6.07, 6.45) is 0.807. The molecule has 2 heterocycles. The minimum atomic E-state index is -2.98. The van der Waals surface area contributed by atoms with Crippen LogP contribution in [0.25, 0.3) is 0 Å². The third-order valence-corrected chi connectivity index (χ3v) is 7.16. The van der Waals surface area contributed by atoms with Crippen molar-refractivity contribution >= 4 is 32.7 Å². The molecule has 2 atom stereocenters. The zero-order chi connectivity index (χ0) is 15.7. The van der Waals surface area contributed by atoms with Gasteiger partial charge >= 0.3 is 0 Å². The number of sulfone groups is 1. The number of rotatable bonds is 3. The summed E-state index contributed by atoms with van der Waals surface area (Å²) in [6, 6.07) is 9.99. The first kappa shape index (κ1) is 15.6. The summed E-state index contributed by atoms with van der Waals surface area (Å²) >= 11 is 1.43. The van der Waals surface area contributed by atoms with Gasteiger partial charge in [0.2, 0.25) is 5.91 Å². The predicted molar refractivity (Wildman–Crippen MR) is 88.8 cm³/mol. The first-order valence-corrected chi connectivity index (χ1v) is 9.91. The number of benzene rings is 1. The highest BCUT2D eigenvalue weighted by molar-refractivity contribution is 8.15. The third kappa shape index (κ3) is 3.35. The Kier molecular flexibility index (Phi) is 4.27. The van der Waals surface area contributed by atoms with Crippen molar-refractivity contribution in [3.8, 4) is 0 Å². The zero-order valence-corrected chi connectivity index (χ0v) is 13.9. The monoisotopic (exact) mass is 338 g/mol. The summed E-state index contributed by atoms with van der Waals surface area (Å²) in [5.74, 6) is 0.104. The normalized spacial score (nSPS) is 28.0. The molecule has 118 valence electrons. The van der Waals surface area contributed by atoms with Gasteiger partial charge in [0.15, 0.2) is 15.0 Å². The summed E-state index contributed by atoms with van der Waals surface area (Å²) in [4.78, 5) is 17.4. The summed E-state index contributed by atoms with van der Waals surface area (Å²) in [6.45, 7) is 2.10. The van der Waals surface area contributed by atoms with Crippen LogP contribution in [-0.4, -0.2) is 53.7 Å². The molecule has 2 saturated heterocycles. The average Bonchev–Trinajstić information content (AvgIpc) is 2.88. The van der Waals surface area contributed by atoms with Crippen LogP contribution >= 0.6 is 11.8 Å². The smallest absolute Gasteiger partial charge is 0.244 e. The molecule has 7 heteroatoms. The number of carbonyl (C=O) groups excluding carboxylic acids is 1. The lowest BCUT2D eigenvalue weighted by Crippen LogP contribution is -2.39. The van der Waals surface area contributed by atoms with Crippen molar-refractivity contribution in [1.29, 1.82) is 0 Å². The van der Waals surface area contributed by atoms with E-state index in [9.17, 15) is 13.2 Å². The number of hydrogen-bond donors (Lipinski definition) is 0. The van der Waals surface area contributed by atoms with Gasteiger partial charge in [0.25, 0.3) is 0 Å². The van der Waals surface area contributed by atoms with Crippen LogP contribution in [0.1, 0.15) is 12.5 Å². The van der Waals surface area contributed by atoms with Crippen LogP contribution in [0.3, 0.4) is 0 Å². The van der Waals surface area contributed by atoms with Crippen LogP contribution in [0.15, 0.2) is 35.3 Å². The van der Waals surface area contributed by atoms with Crippen LogP contribution in [0.5, 0.6) is 0 Å². The largest absolute Gasteiger partial charge is 0.346 e. The number of carbonyl (C=O) groups is 1. The molecule has 5 nitrogen and oxygen atoms in total. The number of amidine groups is 1. The van der Waals surface area contributed by atoms with E-state index in [1.54, 1.807) is 0 Å². The van der Waals surface area contributed by atoms with Crippen LogP contribution < -0.4 is 0 Å². The average molecular weight is 338 g/mol. The van der Waals surface area contributed by atoms with Crippen molar-refractivity contribution in [2.45, 2.75) is 24.6 Å². The summed E-state index contributed by atoms with van der Waals surface area (Å²) in [5.41, 5.74) is 1.19. The van der Waals surface area contributed by atoms with Gasteiger partial charge in [0, 0.05) is 18.7 Å². The molecule has 1 aromatic rings. The van der Waals surface area contributed by atoms with Gasteiger partial charge in [-0.3, -0.25) is 4.79 Å². The first-order chi connectivity index (χ1) is 10.4. The first-order valence-electron chi connectivity index (χ1n) is 7.21. The van der Waals surface area contributed by atoms with E-state index in [-0.39, 0.29) is 28.7 Å². The molecule has 2 fully saturated rings. The zero-order valence-electron chi connectivity index (χ0n) is 12.3. The van der Waals surface area contributed by atoms with E-state index in [4.69, 9.17) is 0 Å². The Hall–Kier alpha value is -1.34. The summed E-state index contributed by atoms with van der Waals surface area (Å²) in [7, 11) is -2.98. The Morgan fingerprint density at radius 1 is 1.32 bits per heavy atom. The second-order valence-electron chi connectivity index (χ2n) is 5.64. The number of aliphatic imine (C=N–C) groups is 1. The van der Waals surface area contributed by atoms with Crippen molar-refractivity contribution in [2.24, 2.45) is 4.99 Å². The molecule has 2 aliphatic rings. The lowest BCUT2D eigenvalue weighted by atomic mass is 10.1. The predicted octanol–water partition coefficient (Wildman–Crippen LogP) is 1.35. The van der Waals surface area contributed by atoms with Gasteiger partial charge in [-0.1, -0.05) is 42.1 Å². The lowest BCUT2D eigenvalue weighted by molar-refractivity contribution is -0.115. The second kappa shape index (κ2) is 6.04. The van der Waals surface area contributed by atoms with E-state index < -0.39 is 9.84 Å². The Morgan fingerprint density at radius 3 is 2.73 bits per heavy atom. The number of fused-ring (bicyclic) bond motifs is 1. The van der Waals surface area contributed by atoms with E-state index in [2.05, 4.69) is 4.99 Å². The minimum Gasteiger partial charge on any atom is -0.346 e. The Bertz CT molecular complexity index is 701.